The van der Waals surface area contributed by atoms with Crippen LogP contribution in [0.3, 0.4) is 0 Å². The van der Waals surface area contributed by atoms with Crippen molar-refractivity contribution in [1.82, 2.24) is 0 Å². The predicted octanol–water partition coefficient (Wildman–Crippen LogP) is 4.74. The predicted molar refractivity (Wildman–Crippen MR) is 112 cm³/mol. The van der Waals surface area contributed by atoms with Crippen LogP contribution >= 0.6 is 0 Å². The van der Waals surface area contributed by atoms with E-state index in [-0.39, 0.29) is 5.78 Å². The Kier molecular flexibility index (Phi) is 5.43. The summed E-state index contributed by atoms with van der Waals surface area (Å²) in [5.41, 5.74) is 4.06. The molecule has 3 aromatic rings. The number of nitrogens with zero attached hydrogens (tertiary/aromatic N) is 1. The second-order valence-electron chi connectivity index (χ2n) is 7.18. The Hall–Kier alpha value is -3.40. The lowest BCUT2D eigenvalue weighted by molar-refractivity contribution is -0.688. The molecule has 0 spiro atoms. The largest absolute Gasteiger partial charge is 0.493 e. The molecule has 0 saturated heterocycles. The molecule has 0 unspecified atom stereocenters. The summed E-state index contributed by atoms with van der Waals surface area (Å²) in [5, 5.41) is 0. The summed E-state index contributed by atoms with van der Waals surface area (Å²) in [6, 6.07) is 17.7. The number of allylic oxidation sites excluding steroid dienone is 1. The van der Waals surface area contributed by atoms with E-state index < -0.39 is 0 Å². The monoisotopic (exact) mass is 386 g/mol. The molecular weight excluding hydrogens is 362 g/mol. The summed E-state index contributed by atoms with van der Waals surface area (Å²) in [6.45, 7) is 5.62. The standard InChI is InChI=1S/C25H24NO3/c1-3-14-28-21-8-9-22-23(16-21)29-24(25(22)27)15-19-10-12-26(13-11-19)17-20-7-5-4-6-18(20)2/h4-13,15-16H,3,14,17H2,1-2H3/q+1/b24-15-. The van der Waals surface area contributed by atoms with Gasteiger partial charge < -0.3 is 9.47 Å². The van der Waals surface area contributed by atoms with Gasteiger partial charge in [0.15, 0.2) is 24.7 Å². The third kappa shape index (κ3) is 4.21. The van der Waals surface area contributed by atoms with Crippen LogP contribution in [0.4, 0.5) is 0 Å². The van der Waals surface area contributed by atoms with E-state index >= 15 is 0 Å². The van der Waals surface area contributed by atoms with Crippen molar-refractivity contribution in [3.8, 4) is 11.5 Å². The van der Waals surface area contributed by atoms with Gasteiger partial charge in [0.25, 0.3) is 0 Å². The van der Waals surface area contributed by atoms with Crippen molar-refractivity contribution in [1.29, 1.82) is 0 Å². The number of aryl methyl sites for hydroxylation is 1. The van der Waals surface area contributed by atoms with Gasteiger partial charge in [-0.1, -0.05) is 31.2 Å². The van der Waals surface area contributed by atoms with Crippen LogP contribution in [0.25, 0.3) is 6.08 Å². The molecule has 2 aromatic carbocycles. The van der Waals surface area contributed by atoms with E-state index in [4.69, 9.17) is 9.47 Å². The van der Waals surface area contributed by atoms with Crippen LogP contribution in [-0.2, 0) is 6.54 Å². The fourth-order valence-electron chi connectivity index (χ4n) is 3.28. The molecule has 0 saturated carbocycles. The summed E-state index contributed by atoms with van der Waals surface area (Å²) in [6.07, 6.45) is 6.75. The summed E-state index contributed by atoms with van der Waals surface area (Å²) in [5.74, 6) is 1.51. The van der Waals surface area contributed by atoms with Crippen molar-refractivity contribution in [3.05, 3.63) is 95.0 Å². The summed E-state index contributed by atoms with van der Waals surface area (Å²) in [7, 11) is 0. The fourth-order valence-corrected chi connectivity index (χ4v) is 3.28. The second-order valence-corrected chi connectivity index (χ2v) is 7.18. The van der Waals surface area contributed by atoms with Crippen molar-refractivity contribution in [2.24, 2.45) is 0 Å². The summed E-state index contributed by atoms with van der Waals surface area (Å²) >= 11 is 0. The quantitative estimate of drug-likeness (QED) is 0.454. The van der Waals surface area contributed by atoms with Crippen LogP contribution in [-0.4, -0.2) is 12.4 Å². The number of pyridine rings is 1. The van der Waals surface area contributed by atoms with Crippen molar-refractivity contribution in [3.63, 3.8) is 0 Å². The highest BCUT2D eigenvalue weighted by molar-refractivity contribution is 6.14. The van der Waals surface area contributed by atoms with Crippen molar-refractivity contribution < 1.29 is 18.8 Å². The van der Waals surface area contributed by atoms with E-state index in [0.29, 0.717) is 23.7 Å². The average Bonchev–Trinajstić information content (AvgIpc) is 3.04. The Morgan fingerprint density at radius 1 is 1.07 bits per heavy atom. The topological polar surface area (TPSA) is 39.4 Å². The minimum atomic E-state index is -0.0984. The number of aromatic nitrogens is 1. The second kappa shape index (κ2) is 8.31. The lowest BCUT2D eigenvalue weighted by Crippen LogP contribution is -2.33. The summed E-state index contributed by atoms with van der Waals surface area (Å²) < 4.78 is 13.6. The first-order chi connectivity index (χ1) is 14.1. The van der Waals surface area contributed by atoms with E-state index in [0.717, 1.165) is 24.3 Å². The number of ether oxygens (including phenoxy) is 2. The van der Waals surface area contributed by atoms with Gasteiger partial charge in [-0.2, -0.15) is 0 Å². The number of ketones is 1. The van der Waals surface area contributed by atoms with Crippen molar-refractivity contribution in [2.75, 3.05) is 6.61 Å². The van der Waals surface area contributed by atoms with Gasteiger partial charge in [0.2, 0.25) is 5.78 Å². The number of benzene rings is 2. The number of carbonyl (C=O) groups is 1. The number of rotatable bonds is 6. The molecule has 4 heteroatoms. The highest BCUT2D eigenvalue weighted by Crippen LogP contribution is 2.34. The van der Waals surface area contributed by atoms with Crippen LogP contribution in [0.2, 0.25) is 0 Å². The number of hydrogen-bond donors (Lipinski definition) is 0. The first-order valence-corrected chi connectivity index (χ1v) is 9.89. The molecule has 29 heavy (non-hydrogen) atoms. The number of fused-ring (bicyclic) bond motifs is 1. The van der Waals surface area contributed by atoms with E-state index in [1.54, 1.807) is 18.2 Å². The molecule has 4 rings (SSSR count). The minimum absolute atomic E-state index is 0.0984. The van der Waals surface area contributed by atoms with Crippen molar-refractivity contribution in [2.45, 2.75) is 26.8 Å². The molecule has 0 atom stereocenters. The molecule has 0 radical (unpaired) electrons. The maximum absolute atomic E-state index is 12.6. The Labute approximate surface area is 171 Å². The molecule has 1 aromatic heterocycles. The van der Waals surface area contributed by atoms with Gasteiger partial charge in [-0.25, -0.2) is 4.57 Å². The van der Waals surface area contributed by atoms with Crippen LogP contribution < -0.4 is 14.0 Å². The Bertz CT molecular complexity index is 1070. The molecule has 1 aliphatic heterocycles. The van der Waals surface area contributed by atoms with Gasteiger partial charge >= 0.3 is 0 Å². The van der Waals surface area contributed by atoms with Gasteiger partial charge in [0.05, 0.1) is 12.2 Å². The van der Waals surface area contributed by atoms with Gasteiger partial charge in [-0.05, 0) is 42.7 Å². The molecule has 1 aliphatic rings. The first-order valence-electron chi connectivity index (χ1n) is 9.89. The molecule has 0 N–H and O–H groups in total. The van der Waals surface area contributed by atoms with Crippen molar-refractivity contribution >= 4 is 11.9 Å². The number of Topliss-reactive ketones (excluding diaryl/α,β-unsaturated/α-hetero) is 1. The average molecular weight is 386 g/mol. The third-order valence-corrected chi connectivity index (χ3v) is 4.94. The highest BCUT2D eigenvalue weighted by Gasteiger charge is 2.27. The lowest BCUT2D eigenvalue weighted by atomic mass is 10.1. The molecule has 4 nitrogen and oxygen atoms in total. The maximum atomic E-state index is 12.6. The molecule has 0 amide bonds. The van der Waals surface area contributed by atoms with Crippen LogP contribution in [0, 0.1) is 6.92 Å². The molecule has 0 aliphatic carbocycles. The zero-order valence-electron chi connectivity index (χ0n) is 16.7. The Balaban J connectivity index is 1.49. The van der Waals surface area contributed by atoms with E-state index in [9.17, 15) is 4.79 Å². The molecular formula is C25H24NO3+. The molecule has 0 fully saturated rings. The SMILES string of the molecule is CCCOc1ccc2c(c1)O/C(=C\c1cc[n+](Cc3ccccc3C)cc1)C2=O. The summed E-state index contributed by atoms with van der Waals surface area (Å²) in [4.78, 5) is 12.6. The smallest absolute Gasteiger partial charge is 0.231 e. The third-order valence-electron chi connectivity index (χ3n) is 4.94. The van der Waals surface area contributed by atoms with Crippen LogP contribution in [0.1, 0.15) is 40.4 Å². The molecule has 146 valence electrons. The Morgan fingerprint density at radius 3 is 2.62 bits per heavy atom. The highest BCUT2D eigenvalue weighted by atomic mass is 16.5. The van der Waals surface area contributed by atoms with Crippen LogP contribution in [0.15, 0.2) is 72.8 Å². The van der Waals surface area contributed by atoms with Gasteiger partial charge in [0, 0.05) is 23.8 Å². The molecule has 0 bridgehead atoms. The number of hydrogen-bond acceptors (Lipinski definition) is 3. The maximum Gasteiger partial charge on any atom is 0.231 e. The molecule has 2 heterocycles. The minimum Gasteiger partial charge on any atom is -0.493 e. The van der Waals surface area contributed by atoms with E-state index in [1.807, 2.05) is 36.7 Å². The van der Waals surface area contributed by atoms with Gasteiger partial charge in [0.1, 0.15) is 11.5 Å². The first kappa shape index (κ1) is 18.9. The van der Waals surface area contributed by atoms with E-state index in [2.05, 4.69) is 36.6 Å². The Morgan fingerprint density at radius 2 is 1.86 bits per heavy atom. The van der Waals surface area contributed by atoms with Gasteiger partial charge in [-0.3, -0.25) is 4.79 Å². The van der Waals surface area contributed by atoms with E-state index in [1.165, 1.54) is 11.1 Å². The normalized spacial score (nSPS) is 14.0. The lowest BCUT2D eigenvalue weighted by Gasteiger charge is -2.05. The zero-order chi connectivity index (χ0) is 20.2. The van der Waals surface area contributed by atoms with Crippen LogP contribution in [0.5, 0.6) is 11.5 Å². The zero-order valence-corrected chi connectivity index (χ0v) is 16.7. The number of carbonyl (C=O) groups excluding carboxylic acids is 1. The fraction of sp³-hybridized carbons (Fsp3) is 0.200. The van der Waals surface area contributed by atoms with Gasteiger partial charge in [-0.15, -0.1) is 0 Å².